The third-order valence-corrected chi connectivity index (χ3v) is 4.41. The molecule has 0 unspecified atom stereocenters. The average molecular weight is 305 g/mol. The Balaban J connectivity index is 1.64. The Hall–Kier alpha value is -1.50. The Morgan fingerprint density at radius 3 is 2.82 bits per heavy atom. The Bertz CT molecular complexity index is 500. The van der Waals surface area contributed by atoms with Gasteiger partial charge >= 0.3 is 0 Å². The Morgan fingerprint density at radius 1 is 1.32 bits per heavy atom. The number of rotatable bonds is 4. The molecule has 22 heavy (non-hydrogen) atoms. The number of aliphatic hydroxyl groups excluding tert-OH is 1. The van der Waals surface area contributed by atoms with Gasteiger partial charge in [0.1, 0.15) is 6.61 Å². The summed E-state index contributed by atoms with van der Waals surface area (Å²) in [6.45, 7) is 4.69. The number of aromatic nitrogens is 1. The van der Waals surface area contributed by atoms with Gasteiger partial charge in [0.05, 0.1) is 24.9 Å². The first-order valence-electron chi connectivity index (χ1n) is 7.93. The van der Waals surface area contributed by atoms with Crippen LogP contribution in [-0.4, -0.2) is 65.3 Å². The fourth-order valence-corrected chi connectivity index (χ4v) is 3.21. The molecule has 1 amide bonds. The van der Waals surface area contributed by atoms with Crippen LogP contribution >= 0.6 is 0 Å². The smallest absolute Gasteiger partial charge is 0.248 e. The molecular weight excluding hydrogens is 282 g/mol. The van der Waals surface area contributed by atoms with Crippen LogP contribution in [0.15, 0.2) is 18.3 Å². The van der Waals surface area contributed by atoms with Gasteiger partial charge in [0.15, 0.2) is 0 Å². The first-order chi connectivity index (χ1) is 10.8. The number of hydrogen-bond acceptors (Lipinski definition) is 5. The maximum Gasteiger partial charge on any atom is 0.248 e. The number of pyridine rings is 1. The lowest BCUT2D eigenvalue weighted by Gasteiger charge is -2.27. The molecule has 1 atom stereocenters. The van der Waals surface area contributed by atoms with E-state index in [4.69, 9.17) is 9.84 Å². The zero-order chi connectivity index (χ0) is 15.4. The summed E-state index contributed by atoms with van der Waals surface area (Å²) in [6, 6.07) is 4.12. The molecule has 2 fully saturated rings. The van der Waals surface area contributed by atoms with Crippen molar-refractivity contribution in [3.05, 3.63) is 29.6 Å². The molecule has 1 N–H and O–H groups in total. The van der Waals surface area contributed by atoms with Gasteiger partial charge in [-0.15, -0.1) is 0 Å². The molecule has 1 aromatic rings. The highest BCUT2D eigenvalue weighted by Crippen LogP contribution is 2.30. The SMILES string of the molecule is O=C(CO)N1CCC[C@H]1c1ccc(CN2CCOCC2)cn1. The number of likely N-dealkylation sites (tertiary alicyclic amines) is 1. The highest BCUT2D eigenvalue weighted by atomic mass is 16.5. The van der Waals surface area contributed by atoms with E-state index < -0.39 is 6.61 Å². The van der Waals surface area contributed by atoms with Gasteiger partial charge < -0.3 is 14.7 Å². The third-order valence-electron chi connectivity index (χ3n) is 4.41. The predicted molar refractivity (Wildman–Crippen MR) is 81.1 cm³/mol. The molecule has 0 spiro atoms. The molecule has 120 valence electrons. The number of carbonyl (C=O) groups is 1. The Labute approximate surface area is 130 Å². The number of aliphatic hydroxyl groups is 1. The van der Waals surface area contributed by atoms with E-state index in [9.17, 15) is 4.79 Å². The zero-order valence-corrected chi connectivity index (χ0v) is 12.8. The van der Waals surface area contributed by atoms with Gasteiger partial charge in [0.2, 0.25) is 5.91 Å². The number of hydrogen-bond donors (Lipinski definition) is 1. The second kappa shape index (κ2) is 7.17. The van der Waals surface area contributed by atoms with Crippen molar-refractivity contribution in [3.8, 4) is 0 Å². The highest BCUT2D eigenvalue weighted by molar-refractivity contribution is 5.77. The standard InChI is InChI=1S/C16H23N3O3/c20-12-16(21)19-5-1-2-15(19)14-4-3-13(10-17-14)11-18-6-8-22-9-7-18/h3-4,10,15,20H,1-2,5-9,11-12H2/t15-/m0/s1. The van der Waals surface area contributed by atoms with Gasteiger partial charge in [-0.1, -0.05) is 6.07 Å². The van der Waals surface area contributed by atoms with Crippen LogP contribution in [-0.2, 0) is 16.1 Å². The van der Waals surface area contributed by atoms with Crippen molar-refractivity contribution >= 4 is 5.91 Å². The molecule has 0 radical (unpaired) electrons. The largest absolute Gasteiger partial charge is 0.387 e. The van der Waals surface area contributed by atoms with E-state index in [-0.39, 0.29) is 11.9 Å². The van der Waals surface area contributed by atoms with Crippen LogP contribution < -0.4 is 0 Å². The van der Waals surface area contributed by atoms with E-state index >= 15 is 0 Å². The minimum atomic E-state index is -0.425. The summed E-state index contributed by atoms with van der Waals surface area (Å²) >= 11 is 0. The molecule has 6 nitrogen and oxygen atoms in total. The number of nitrogens with zero attached hydrogens (tertiary/aromatic N) is 3. The fourth-order valence-electron chi connectivity index (χ4n) is 3.21. The molecule has 3 heterocycles. The van der Waals surface area contributed by atoms with Gasteiger partial charge in [-0.2, -0.15) is 0 Å². The first kappa shape index (κ1) is 15.4. The van der Waals surface area contributed by atoms with E-state index in [1.54, 1.807) is 4.90 Å². The summed E-state index contributed by atoms with van der Waals surface area (Å²) in [5.41, 5.74) is 2.11. The van der Waals surface area contributed by atoms with Crippen molar-refractivity contribution in [3.63, 3.8) is 0 Å². The second-order valence-electron chi connectivity index (χ2n) is 5.88. The van der Waals surface area contributed by atoms with E-state index in [0.717, 1.165) is 51.4 Å². The minimum Gasteiger partial charge on any atom is -0.387 e. The van der Waals surface area contributed by atoms with Crippen LogP contribution in [0.25, 0.3) is 0 Å². The Morgan fingerprint density at radius 2 is 2.14 bits per heavy atom. The van der Waals surface area contributed by atoms with Crippen LogP contribution in [0, 0.1) is 0 Å². The summed E-state index contributed by atoms with van der Waals surface area (Å²) in [4.78, 5) is 20.4. The van der Waals surface area contributed by atoms with Gasteiger partial charge in [-0.3, -0.25) is 14.7 Å². The number of carbonyl (C=O) groups excluding carboxylic acids is 1. The van der Waals surface area contributed by atoms with Crippen LogP contribution in [0.1, 0.15) is 30.1 Å². The van der Waals surface area contributed by atoms with Crippen LogP contribution in [0.2, 0.25) is 0 Å². The minimum absolute atomic E-state index is 0.0112. The monoisotopic (exact) mass is 305 g/mol. The van der Waals surface area contributed by atoms with E-state index in [1.807, 2.05) is 12.3 Å². The lowest BCUT2D eigenvalue weighted by atomic mass is 10.1. The highest BCUT2D eigenvalue weighted by Gasteiger charge is 2.30. The molecular formula is C16H23N3O3. The fraction of sp³-hybridized carbons (Fsp3) is 0.625. The molecule has 6 heteroatoms. The number of morpholine rings is 1. The lowest BCUT2D eigenvalue weighted by molar-refractivity contribution is -0.135. The quantitative estimate of drug-likeness (QED) is 0.881. The van der Waals surface area contributed by atoms with Crippen LogP contribution in [0.5, 0.6) is 0 Å². The van der Waals surface area contributed by atoms with Crippen molar-refractivity contribution < 1.29 is 14.6 Å². The van der Waals surface area contributed by atoms with Crippen molar-refractivity contribution in [1.82, 2.24) is 14.8 Å². The maximum atomic E-state index is 11.8. The van der Waals surface area contributed by atoms with Crippen molar-refractivity contribution in [2.75, 3.05) is 39.5 Å². The third kappa shape index (κ3) is 3.45. The normalized spacial score (nSPS) is 23.0. The summed E-state index contributed by atoms with van der Waals surface area (Å²) in [6.07, 6.45) is 3.79. The molecule has 2 aliphatic heterocycles. The number of ether oxygens (including phenoxy) is 1. The average Bonchev–Trinajstić information content (AvgIpc) is 3.05. The van der Waals surface area contributed by atoms with E-state index in [2.05, 4.69) is 16.0 Å². The number of amides is 1. The first-order valence-corrected chi connectivity index (χ1v) is 7.93. The topological polar surface area (TPSA) is 65.9 Å². The van der Waals surface area contributed by atoms with Crippen molar-refractivity contribution in [1.29, 1.82) is 0 Å². The van der Waals surface area contributed by atoms with Gasteiger partial charge in [0, 0.05) is 32.4 Å². The van der Waals surface area contributed by atoms with Crippen LogP contribution in [0.3, 0.4) is 0 Å². The molecule has 1 aromatic heterocycles. The molecule has 2 saturated heterocycles. The molecule has 0 saturated carbocycles. The molecule has 0 aliphatic carbocycles. The molecule has 3 rings (SSSR count). The van der Waals surface area contributed by atoms with Gasteiger partial charge in [0.25, 0.3) is 0 Å². The summed E-state index contributed by atoms with van der Waals surface area (Å²) in [7, 11) is 0. The van der Waals surface area contributed by atoms with Crippen molar-refractivity contribution in [2.24, 2.45) is 0 Å². The predicted octanol–water partition coefficient (Wildman–Crippen LogP) is 0.570. The Kier molecular flexibility index (Phi) is 5.02. The molecule has 0 aromatic carbocycles. The van der Waals surface area contributed by atoms with E-state index in [0.29, 0.717) is 6.54 Å². The summed E-state index contributed by atoms with van der Waals surface area (Å²) in [5, 5.41) is 9.06. The molecule has 2 aliphatic rings. The van der Waals surface area contributed by atoms with Crippen molar-refractivity contribution in [2.45, 2.75) is 25.4 Å². The van der Waals surface area contributed by atoms with Gasteiger partial charge in [-0.25, -0.2) is 0 Å². The lowest BCUT2D eigenvalue weighted by Crippen LogP contribution is -2.35. The second-order valence-corrected chi connectivity index (χ2v) is 5.88. The zero-order valence-electron chi connectivity index (χ0n) is 12.8. The van der Waals surface area contributed by atoms with E-state index in [1.165, 1.54) is 5.56 Å². The maximum absolute atomic E-state index is 11.8. The molecule has 0 bridgehead atoms. The summed E-state index contributed by atoms with van der Waals surface area (Å²) < 4.78 is 5.35. The summed E-state index contributed by atoms with van der Waals surface area (Å²) in [5.74, 6) is -0.207. The van der Waals surface area contributed by atoms with Crippen LogP contribution in [0.4, 0.5) is 0 Å². The van der Waals surface area contributed by atoms with Gasteiger partial charge in [-0.05, 0) is 24.5 Å².